The molecule has 206 valence electrons. The summed E-state index contributed by atoms with van der Waals surface area (Å²) in [4.78, 5) is 61.4. The largest absolute Gasteiger partial charge is 0.508 e. The van der Waals surface area contributed by atoms with E-state index in [9.17, 15) is 34.2 Å². The summed E-state index contributed by atoms with van der Waals surface area (Å²) in [5.74, 6) is -5.23. The van der Waals surface area contributed by atoms with E-state index in [2.05, 4.69) is 16.0 Å². The van der Waals surface area contributed by atoms with Gasteiger partial charge in [0.25, 0.3) is 0 Å². The van der Waals surface area contributed by atoms with Crippen LogP contribution in [0.4, 0.5) is 0 Å². The number of aliphatic carboxylic acids is 2. The number of phenolic OH excluding ortho intramolecular Hbond substituents is 1. The quantitative estimate of drug-likeness (QED) is 0.169. The van der Waals surface area contributed by atoms with Gasteiger partial charge in [-0.25, -0.2) is 4.79 Å². The molecule has 5 atom stereocenters. The van der Waals surface area contributed by atoms with Crippen LogP contribution in [0.15, 0.2) is 24.3 Å². The Morgan fingerprint density at radius 3 is 1.84 bits per heavy atom. The zero-order valence-electron chi connectivity index (χ0n) is 21.6. The molecule has 37 heavy (non-hydrogen) atoms. The molecular formula is C25H38N4O8. The number of carboxylic acids is 2. The van der Waals surface area contributed by atoms with E-state index in [0.29, 0.717) is 12.0 Å². The molecule has 0 aliphatic rings. The first-order valence-corrected chi connectivity index (χ1v) is 12.1. The molecule has 0 bridgehead atoms. The van der Waals surface area contributed by atoms with Gasteiger partial charge in [0.1, 0.15) is 23.9 Å². The third kappa shape index (κ3) is 10.9. The van der Waals surface area contributed by atoms with Gasteiger partial charge in [-0.3, -0.25) is 19.2 Å². The highest BCUT2D eigenvalue weighted by Crippen LogP contribution is 2.13. The van der Waals surface area contributed by atoms with Gasteiger partial charge in [0.05, 0.1) is 12.5 Å². The Hall–Kier alpha value is -3.67. The van der Waals surface area contributed by atoms with Crippen molar-refractivity contribution in [2.75, 3.05) is 0 Å². The number of nitrogens with one attached hydrogen (secondary N) is 3. The van der Waals surface area contributed by atoms with Crippen LogP contribution in [0.2, 0.25) is 0 Å². The summed E-state index contributed by atoms with van der Waals surface area (Å²) in [5.41, 5.74) is 6.54. The molecular weight excluding hydrogens is 484 g/mol. The normalized spacial score (nSPS) is 15.1. The standard InChI is InChI=1S/C25H38N4O8/c1-5-14(4)21(26)24(35)28-17(10-13(2)3)22(33)27-18(11-15-6-8-16(30)9-7-15)23(34)29-19(25(36)37)12-20(31)32/h6-9,13-14,17-19,21,30H,5,10-12,26H2,1-4H3,(H,27,33)(H,28,35)(H,29,34)(H,31,32)(H,36,37). The fraction of sp³-hybridized carbons (Fsp3) is 0.560. The number of rotatable bonds is 15. The lowest BCUT2D eigenvalue weighted by atomic mass is 9.97. The van der Waals surface area contributed by atoms with Crippen molar-refractivity contribution in [1.29, 1.82) is 0 Å². The van der Waals surface area contributed by atoms with Crippen molar-refractivity contribution in [3.8, 4) is 5.75 Å². The van der Waals surface area contributed by atoms with E-state index in [1.165, 1.54) is 24.3 Å². The zero-order chi connectivity index (χ0) is 28.3. The van der Waals surface area contributed by atoms with Crippen molar-refractivity contribution in [1.82, 2.24) is 16.0 Å². The smallest absolute Gasteiger partial charge is 0.326 e. The van der Waals surface area contributed by atoms with Gasteiger partial charge in [-0.2, -0.15) is 0 Å². The van der Waals surface area contributed by atoms with Crippen LogP contribution in [0, 0.1) is 11.8 Å². The molecule has 3 amide bonds. The van der Waals surface area contributed by atoms with Gasteiger partial charge in [0, 0.05) is 6.42 Å². The van der Waals surface area contributed by atoms with E-state index < -0.39 is 60.2 Å². The minimum absolute atomic E-state index is 0.00722. The SMILES string of the molecule is CCC(C)C(N)C(=O)NC(CC(C)C)C(=O)NC(Cc1ccc(O)cc1)C(=O)NC(CC(=O)O)C(=O)O. The van der Waals surface area contributed by atoms with Gasteiger partial charge < -0.3 is 37.0 Å². The third-order valence-electron chi connectivity index (χ3n) is 5.90. The molecule has 1 aromatic carbocycles. The number of carboxylic acid groups (broad SMARTS) is 2. The average Bonchev–Trinajstić information content (AvgIpc) is 2.82. The maximum Gasteiger partial charge on any atom is 0.326 e. The molecule has 0 heterocycles. The van der Waals surface area contributed by atoms with Gasteiger partial charge in [-0.15, -0.1) is 0 Å². The lowest BCUT2D eigenvalue weighted by Crippen LogP contribution is -2.58. The number of benzene rings is 1. The van der Waals surface area contributed by atoms with E-state index in [-0.39, 0.29) is 30.4 Å². The number of carbonyl (C=O) groups is 5. The molecule has 0 radical (unpaired) electrons. The Balaban J connectivity index is 3.19. The summed E-state index contributed by atoms with van der Waals surface area (Å²) in [6.07, 6.45) is -0.0484. The summed E-state index contributed by atoms with van der Waals surface area (Å²) in [6, 6.07) is 0.927. The first kappa shape index (κ1) is 31.4. The van der Waals surface area contributed by atoms with E-state index >= 15 is 0 Å². The van der Waals surface area contributed by atoms with Crippen LogP contribution in [0.25, 0.3) is 0 Å². The van der Waals surface area contributed by atoms with Crippen LogP contribution in [-0.2, 0) is 30.4 Å². The van der Waals surface area contributed by atoms with Gasteiger partial charge in [-0.05, 0) is 36.0 Å². The van der Waals surface area contributed by atoms with Crippen LogP contribution in [-0.4, -0.2) is 69.1 Å². The van der Waals surface area contributed by atoms with Crippen molar-refractivity contribution < 1.29 is 39.3 Å². The van der Waals surface area contributed by atoms with Gasteiger partial charge in [0.15, 0.2) is 0 Å². The fourth-order valence-corrected chi connectivity index (χ4v) is 3.48. The molecule has 0 saturated heterocycles. The second-order valence-electron chi connectivity index (χ2n) is 9.53. The summed E-state index contributed by atoms with van der Waals surface area (Å²) in [6.45, 7) is 7.41. The Kier molecular flexibility index (Phi) is 12.5. The maximum atomic E-state index is 13.2. The van der Waals surface area contributed by atoms with Crippen LogP contribution in [0.5, 0.6) is 5.75 Å². The highest BCUT2D eigenvalue weighted by atomic mass is 16.4. The molecule has 0 aliphatic carbocycles. The number of hydrogen-bond acceptors (Lipinski definition) is 7. The summed E-state index contributed by atoms with van der Waals surface area (Å²) in [5, 5.41) is 35.2. The molecule has 0 aromatic heterocycles. The Morgan fingerprint density at radius 1 is 0.838 bits per heavy atom. The van der Waals surface area contributed by atoms with E-state index in [4.69, 9.17) is 10.8 Å². The number of amides is 3. The molecule has 8 N–H and O–H groups in total. The summed E-state index contributed by atoms with van der Waals surface area (Å²) >= 11 is 0. The maximum absolute atomic E-state index is 13.2. The number of nitrogens with two attached hydrogens (primary N) is 1. The minimum Gasteiger partial charge on any atom is -0.508 e. The first-order valence-electron chi connectivity index (χ1n) is 12.1. The molecule has 0 saturated carbocycles. The number of carbonyl (C=O) groups excluding carboxylic acids is 3. The highest BCUT2D eigenvalue weighted by Gasteiger charge is 2.32. The van der Waals surface area contributed by atoms with Gasteiger partial charge >= 0.3 is 11.9 Å². The summed E-state index contributed by atoms with van der Waals surface area (Å²) < 4.78 is 0. The summed E-state index contributed by atoms with van der Waals surface area (Å²) in [7, 11) is 0. The van der Waals surface area contributed by atoms with E-state index in [0.717, 1.165) is 0 Å². The Bertz CT molecular complexity index is 951. The molecule has 12 nitrogen and oxygen atoms in total. The zero-order valence-corrected chi connectivity index (χ0v) is 21.6. The molecule has 1 aromatic rings. The molecule has 12 heteroatoms. The lowest BCUT2D eigenvalue weighted by molar-refractivity contribution is -0.147. The second kappa shape index (κ2) is 14.8. The molecule has 0 spiro atoms. The van der Waals surface area contributed by atoms with Crippen molar-refractivity contribution in [3.63, 3.8) is 0 Å². The monoisotopic (exact) mass is 522 g/mol. The number of hydrogen-bond donors (Lipinski definition) is 7. The highest BCUT2D eigenvalue weighted by molar-refractivity contribution is 5.94. The van der Waals surface area contributed by atoms with Crippen molar-refractivity contribution in [2.24, 2.45) is 17.6 Å². The van der Waals surface area contributed by atoms with Gasteiger partial charge in [0.2, 0.25) is 17.7 Å². The van der Waals surface area contributed by atoms with Crippen molar-refractivity contribution in [2.45, 2.75) is 77.5 Å². The lowest BCUT2D eigenvalue weighted by Gasteiger charge is -2.27. The van der Waals surface area contributed by atoms with Crippen LogP contribution < -0.4 is 21.7 Å². The topological polar surface area (TPSA) is 208 Å². The predicted octanol–water partition coefficient (Wildman–Crippen LogP) is 0.368. The van der Waals surface area contributed by atoms with E-state index in [1.807, 2.05) is 27.7 Å². The van der Waals surface area contributed by atoms with Gasteiger partial charge in [-0.1, -0.05) is 46.2 Å². The number of aromatic hydroxyl groups is 1. The Labute approximate surface area is 216 Å². The minimum atomic E-state index is -1.72. The van der Waals surface area contributed by atoms with Crippen molar-refractivity contribution >= 4 is 29.7 Å². The second-order valence-corrected chi connectivity index (χ2v) is 9.53. The van der Waals surface area contributed by atoms with Crippen LogP contribution in [0.3, 0.4) is 0 Å². The number of phenols is 1. The third-order valence-corrected chi connectivity index (χ3v) is 5.90. The van der Waals surface area contributed by atoms with Crippen LogP contribution in [0.1, 0.15) is 52.5 Å². The van der Waals surface area contributed by atoms with E-state index in [1.54, 1.807) is 0 Å². The molecule has 0 fully saturated rings. The first-order chi connectivity index (χ1) is 17.2. The predicted molar refractivity (Wildman–Crippen MR) is 134 cm³/mol. The van der Waals surface area contributed by atoms with Crippen LogP contribution >= 0.6 is 0 Å². The molecule has 0 aliphatic heterocycles. The molecule has 5 unspecified atom stereocenters. The Morgan fingerprint density at radius 2 is 1.35 bits per heavy atom. The van der Waals surface area contributed by atoms with Crippen molar-refractivity contribution in [3.05, 3.63) is 29.8 Å². The fourth-order valence-electron chi connectivity index (χ4n) is 3.48. The molecule has 1 rings (SSSR count). The average molecular weight is 523 g/mol.